The van der Waals surface area contributed by atoms with E-state index in [1.807, 2.05) is 25.1 Å². The second-order valence-electron chi connectivity index (χ2n) is 8.53. The zero-order valence-corrected chi connectivity index (χ0v) is 20.2. The van der Waals surface area contributed by atoms with Crippen LogP contribution in [-0.2, 0) is 9.59 Å². The summed E-state index contributed by atoms with van der Waals surface area (Å²) in [5, 5.41) is 2.45. The van der Waals surface area contributed by atoms with E-state index in [4.69, 9.17) is 23.2 Å². The maximum Gasteiger partial charge on any atom is 0.336 e. The fourth-order valence-corrected chi connectivity index (χ4v) is 4.86. The molecule has 4 rings (SSSR count). The molecule has 170 valence electrons. The molecule has 0 bridgehead atoms. The molecule has 1 fully saturated rings. The van der Waals surface area contributed by atoms with Gasteiger partial charge in [-0.15, -0.1) is 0 Å². The van der Waals surface area contributed by atoms with Crippen LogP contribution in [0.2, 0.25) is 10.0 Å². The summed E-state index contributed by atoms with van der Waals surface area (Å²) < 4.78 is 0. The number of nitrogens with one attached hydrogen (secondary N) is 1. The molecule has 0 saturated carbocycles. The minimum atomic E-state index is -0.878. The predicted octanol–water partition coefficient (Wildman–Crippen LogP) is 5.68. The number of nitrogens with zero attached hydrogens (tertiary/aromatic N) is 2. The Morgan fingerprint density at radius 2 is 1.79 bits per heavy atom. The van der Waals surface area contributed by atoms with Crippen LogP contribution < -0.4 is 15.1 Å². The highest BCUT2D eigenvalue weighted by molar-refractivity contribution is 6.46. The number of imide groups is 2. The van der Waals surface area contributed by atoms with Crippen molar-refractivity contribution in [3.05, 3.63) is 69.2 Å². The molecule has 0 atom stereocenters. The van der Waals surface area contributed by atoms with E-state index in [0.29, 0.717) is 5.56 Å². The number of fused-ring (bicyclic) bond motifs is 1. The lowest BCUT2D eigenvalue weighted by molar-refractivity contribution is -0.122. The van der Waals surface area contributed by atoms with Gasteiger partial charge in [0.15, 0.2) is 0 Å². The van der Waals surface area contributed by atoms with Crippen LogP contribution in [0.1, 0.15) is 38.8 Å². The van der Waals surface area contributed by atoms with Gasteiger partial charge in [-0.1, -0.05) is 41.4 Å². The molecule has 0 aliphatic carbocycles. The first kappa shape index (κ1) is 23.1. The van der Waals surface area contributed by atoms with Gasteiger partial charge in [0, 0.05) is 17.8 Å². The van der Waals surface area contributed by atoms with Crippen molar-refractivity contribution in [1.29, 1.82) is 0 Å². The summed E-state index contributed by atoms with van der Waals surface area (Å²) in [6, 6.07) is 9.53. The number of amides is 4. The summed E-state index contributed by atoms with van der Waals surface area (Å²) in [5.41, 5.74) is 3.71. The monoisotopic (exact) mass is 483 g/mol. The third-order valence-electron chi connectivity index (χ3n) is 5.90. The van der Waals surface area contributed by atoms with Crippen LogP contribution in [0.25, 0.3) is 11.6 Å². The van der Waals surface area contributed by atoms with E-state index in [1.54, 1.807) is 12.1 Å². The average molecular weight is 484 g/mol. The molecule has 2 aromatic carbocycles. The lowest BCUT2D eigenvalue weighted by atomic mass is 9.88. The van der Waals surface area contributed by atoms with E-state index >= 15 is 0 Å². The van der Waals surface area contributed by atoms with E-state index in [1.165, 1.54) is 12.1 Å². The molecule has 0 aromatic heterocycles. The number of allylic oxidation sites excluding steroid dienone is 1. The molecule has 2 heterocycles. The first-order chi connectivity index (χ1) is 15.5. The Hall–Kier alpha value is -3.09. The van der Waals surface area contributed by atoms with Crippen molar-refractivity contribution in [1.82, 2.24) is 5.32 Å². The SMILES string of the molecule is CCN1c2ccc(/C=C3\C(=O)NC(=O)N(c4cccc(Cl)c4Cl)C3=O)cc2C(C)=CC1(C)C. The number of carbonyl (C=O) groups is 3. The van der Waals surface area contributed by atoms with Crippen LogP contribution in [0.15, 0.2) is 48.0 Å². The van der Waals surface area contributed by atoms with Gasteiger partial charge in [0.25, 0.3) is 11.8 Å². The van der Waals surface area contributed by atoms with Gasteiger partial charge in [0.05, 0.1) is 21.3 Å². The number of anilines is 2. The predicted molar refractivity (Wildman–Crippen MR) is 133 cm³/mol. The quantitative estimate of drug-likeness (QED) is 0.450. The number of urea groups is 1. The van der Waals surface area contributed by atoms with Crippen LogP contribution in [-0.4, -0.2) is 29.9 Å². The molecular formula is C25H23Cl2N3O3. The Bertz CT molecular complexity index is 1260. The lowest BCUT2D eigenvalue weighted by Gasteiger charge is -2.42. The molecule has 0 radical (unpaired) electrons. The maximum absolute atomic E-state index is 13.2. The molecule has 1 saturated heterocycles. The second kappa shape index (κ2) is 8.36. The summed E-state index contributed by atoms with van der Waals surface area (Å²) in [4.78, 5) is 41.4. The van der Waals surface area contributed by atoms with Crippen molar-refractivity contribution >= 4 is 64.1 Å². The van der Waals surface area contributed by atoms with Crippen LogP contribution in [0.4, 0.5) is 16.2 Å². The standard InChI is InChI=1S/C25H23Cl2N3O3/c1-5-29-19-10-9-15(11-16(19)14(2)13-25(29,3)4)12-17-22(31)28-24(33)30(23(17)32)20-8-6-7-18(26)21(20)27/h6-13H,5H2,1-4H3,(H,28,31,33)/b17-12+. The summed E-state index contributed by atoms with van der Waals surface area (Å²) in [7, 11) is 0. The largest absolute Gasteiger partial charge is 0.363 e. The van der Waals surface area contributed by atoms with E-state index in [9.17, 15) is 14.4 Å². The van der Waals surface area contributed by atoms with Crippen LogP contribution in [0.5, 0.6) is 0 Å². The Balaban J connectivity index is 1.77. The van der Waals surface area contributed by atoms with E-state index in [0.717, 1.165) is 28.3 Å². The van der Waals surface area contributed by atoms with E-state index < -0.39 is 17.8 Å². The average Bonchev–Trinajstić information content (AvgIpc) is 2.74. The Labute approximate surface area is 202 Å². The van der Waals surface area contributed by atoms with Gasteiger partial charge >= 0.3 is 6.03 Å². The highest BCUT2D eigenvalue weighted by atomic mass is 35.5. The normalized spacial score (nSPS) is 18.9. The number of likely N-dealkylation sites (N-methyl/N-ethyl adjacent to an activating group) is 1. The first-order valence-corrected chi connectivity index (χ1v) is 11.3. The lowest BCUT2D eigenvalue weighted by Crippen LogP contribution is -2.54. The first-order valence-electron chi connectivity index (χ1n) is 10.5. The number of benzene rings is 2. The molecule has 6 nitrogen and oxygen atoms in total. The third-order valence-corrected chi connectivity index (χ3v) is 6.71. The van der Waals surface area contributed by atoms with Gasteiger partial charge in [-0.2, -0.15) is 0 Å². The molecule has 2 aliphatic heterocycles. The van der Waals surface area contributed by atoms with Crippen LogP contribution in [0.3, 0.4) is 0 Å². The van der Waals surface area contributed by atoms with E-state index in [2.05, 4.69) is 37.1 Å². The zero-order chi connectivity index (χ0) is 24.1. The molecular weight excluding hydrogens is 461 g/mol. The second-order valence-corrected chi connectivity index (χ2v) is 9.32. The van der Waals surface area contributed by atoms with Gasteiger partial charge in [-0.25, -0.2) is 9.69 Å². The summed E-state index contributed by atoms with van der Waals surface area (Å²) in [6.07, 6.45) is 3.69. The fraction of sp³-hybridized carbons (Fsp3) is 0.240. The minimum Gasteiger partial charge on any atom is -0.363 e. The molecule has 2 aliphatic rings. The molecule has 0 spiro atoms. The number of hydrogen-bond donors (Lipinski definition) is 1. The van der Waals surface area contributed by atoms with Crippen molar-refractivity contribution in [3.63, 3.8) is 0 Å². The van der Waals surface area contributed by atoms with Crippen LogP contribution >= 0.6 is 23.2 Å². The third kappa shape index (κ3) is 3.94. The maximum atomic E-state index is 13.2. The Morgan fingerprint density at radius 3 is 2.48 bits per heavy atom. The molecule has 33 heavy (non-hydrogen) atoms. The summed E-state index contributed by atoms with van der Waals surface area (Å²) >= 11 is 12.3. The van der Waals surface area contributed by atoms with Crippen molar-refractivity contribution in [2.24, 2.45) is 0 Å². The Morgan fingerprint density at radius 1 is 1.06 bits per heavy atom. The molecule has 0 unspecified atom stereocenters. The van der Waals surface area contributed by atoms with E-state index in [-0.39, 0.29) is 26.8 Å². The molecule has 1 N–H and O–H groups in total. The Kier molecular flexibility index (Phi) is 5.85. The zero-order valence-electron chi connectivity index (χ0n) is 18.7. The van der Waals surface area contributed by atoms with Crippen molar-refractivity contribution in [3.8, 4) is 0 Å². The van der Waals surface area contributed by atoms with Crippen molar-refractivity contribution in [2.75, 3.05) is 16.3 Å². The van der Waals surface area contributed by atoms with Crippen molar-refractivity contribution in [2.45, 2.75) is 33.2 Å². The number of barbiturate groups is 1. The number of hydrogen-bond acceptors (Lipinski definition) is 4. The van der Waals surface area contributed by atoms with Crippen LogP contribution in [0, 0.1) is 0 Å². The number of carbonyl (C=O) groups excluding carboxylic acids is 3. The molecule has 4 amide bonds. The minimum absolute atomic E-state index is 0.0492. The smallest absolute Gasteiger partial charge is 0.336 e. The highest BCUT2D eigenvalue weighted by Crippen LogP contribution is 2.39. The number of halogens is 2. The van der Waals surface area contributed by atoms with Gasteiger partial charge in [-0.3, -0.25) is 14.9 Å². The van der Waals surface area contributed by atoms with Crippen molar-refractivity contribution < 1.29 is 14.4 Å². The summed E-state index contributed by atoms with van der Waals surface area (Å²) in [6.45, 7) is 9.31. The molecule has 8 heteroatoms. The molecule has 2 aromatic rings. The van der Waals surface area contributed by atoms with Gasteiger partial charge < -0.3 is 4.90 Å². The highest BCUT2D eigenvalue weighted by Gasteiger charge is 2.38. The van der Waals surface area contributed by atoms with Gasteiger partial charge in [0.1, 0.15) is 5.57 Å². The summed E-state index contributed by atoms with van der Waals surface area (Å²) in [5.74, 6) is -1.53. The van der Waals surface area contributed by atoms with Gasteiger partial charge in [-0.05, 0) is 69.2 Å². The topological polar surface area (TPSA) is 69.7 Å². The fourth-order valence-electron chi connectivity index (χ4n) is 4.48. The van der Waals surface area contributed by atoms with Gasteiger partial charge in [0.2, 0.25) is 0 Å². The number of rotatable bonds is 3.